The van der Waals surface area contributed by atoms with Crippen molar-refractivity contribution in [3.8, 4) is 5.75 Å². The number of hydrogen-bond acceptors (Lipinski definition) is 5. The molecule has 3 rings (SSSR count). The first-order valence-electron chi connectivity index (χ1n) is 8.79. The highest BCUT2D eigenvalue weighted by Crippen LogP contribution is 2.31. The topological polar surface area (TPSA) is 80.6 Å². The molecule has 3 aromatic rings. The van der Waals surface area contributed by atoms with Gasteiger partial charge in [0, 0.05) is 5.39 Å². The van der Waals surface area contributed by atoms with Crippen LogP contribution in [0, 0.1) is 0 Å². The van der Waals surface area contributed by atoms with Crippen molar-refractivity contribution in [2.24, 2.45) is 0 Å². The van der Waals surface area contributed by atoms with Crippen LogP contribution in [-0.2, 0) is 4.79 Å². The van der Waals surface area contributed by atoms with E-state index in [1.807, 2.05) is 43.5 Å². The molecule has 1 aromatic carbocycles. The zero-order valence-electron chi connectivity index (χ0n) is 15.4. The van der Waals surface area contributed by atoms with Crippen LogP contribution in [0.2, 0.25) is 0 Å². The zero-order valence-corrected chi connectivity index (χ0v) is 16.3. The molecule has 2 unspecified atom stereocenters. The predicted molar refractivity (Wildman–Crippen MR) is 105 cm³/mol. The Bertz CT molecular complexity index is 933. The van der Waals surface area contributed by atoms with E-state index in [0.717, 1.165) is 5.39 Å². The van der Waals surface area contributed by atoms with Gasteiger partial charge in [-0.25, -0.2) is 0 Å². The number of furan rings is 1. The Morgan fingerprint density at radius 1 is 1.19 bits per heavy atom. The first-order chi connectivity index (χ1) is 13.0. The number of fused-ring (bicyclic) bond motifs is 1. The molecule has 6 nitrogen and oxygen atoms in total. The molecule has 0 spiro atoms. The monoisotopic (exact) mass is 386 g/mol. The minimum Gasteiger partial charge on any atom is -0.490 e. The van der Waals surface area contributed by atoms with Gasteiger partial charge in [0.15, 0.2) is 11.3 Å². The highest BCUT2D eigenvalue weighted by Gasteiger charge is 2.21. The molecule has 7 heteroatoms. The molecule has 0 aliphatic heterocycles. The molecule has 2 amide bonds. The maximum Gasteiger partial charge on any atom is 0.261 e. The molecule has 2 atom stereocenters. The fraction of sp³-hybridized carbons (Fsp3) is 0.300. The maximum atomic E-state index is 12.4. The highest BCUT2D eigenvalue weighted by atomic mass is 32.1. The number of benzene rings is 1. The van der Waals surface area contributed by atoms with Crippen molar-refractivity contribution >= 4 is 34.1 Å². The Labute approximate surface area is 161 Å². The number of ether oxygens (including phenoxy) is 1. The van der Waals surface area contributed by atoms with Crippen LogP contribution in [0.1, 0.15) is 42.2 Å². The second-order valence-corrected chi connectivity index (χ2v) is 7.11. The van der Waals surface area contributed by atoms with Crippen LogP contribution in [0.25, 0.3) is 11.0 Å². The Morgan fingerprint density at radius 2 is 2.00 bits per heavy atom. The van der Waals surface area contributed by atoms with Crippen molar-refractivity contribution in [2.45, 2.75) is 32.9 Å². The second-order valence-electron chi connectivity index (χ2n) is 6.16. The van der Waals surface area contributed by atoms with Crippen molar-refractivity contribution < 1.29 is 18.7 Å². The van der Waals surface area contributed by atoms with Crippen LogP contribution in [-0.4, -0.2) is 24.5 Å². The summed E-state index contributed by atoms with van der Waals surface area (Å²) in [6, 6.07) is 10.1. The Morgan fingerprint density at radius 3 is 2.70 bits per heavy atom. The summed E-state index contributed by atoms with van der Waals surface area (Å²) in [7, 11) is 0. The molecule has 0 aliphatic rings. The first-order valence-corrected chi connectivity index (χ1v) is 9.67. The summed E-state index contributed by atoms with van der Waals surface area (Å²) in [5, 5.41) is 8.31. The fourth-order valence-electron chi connectivity index (χ4n) is 2.69. The van der Waals surface area contributed by atoms with E-state index in [2.05, 4.69) is 10.6 Å². The van der Waals surface area contributed by atoms with Crippen LogP contribution < -0.4 is 15.4 Å². The van der Waals surface area contributed by atoms with Crippen molar-refractivity contribution in [1.29, 1.82) is 0 Å². The lowest BCUT2D eigenvalue weighted by atomic mass is 10.2. The largest absolute Gasteiger partial charge is 0.490 e. The van der Waals surface area contributed by atoms with Gasteiger partial charge in [0.1, 0.15) is 11.8 Å². The van der Waals surface area contributed by atoms with E-state index in [0.29, 0.717) is 28.6 Å². The SMILES string of the molecule is CCOc1cccc2cc(C(C)NC(=O)C(C)NC(=O)c3cccs3)oc12. The van der Waals surface area contributed by atoms with E-state index >= 15 is 0 Å². The number of carbonyl (C=O) groups is 2. The van der Waals surface area contributed by atoms with Gasteiger partial charge in [-0.2, -0.15) is 0 Å². The van der Waals surface area contributed by atoms with Crippen LogP contribution in [0.3, 0.4) is 0 Å². The van der Waals surface area contributed by atoms with Crippen LogP contribution in [0.5, 0.6) is 5.75 Å². The van der Waals surface area contributed by atoms with Gasteiger partial charge in [-0.05, 0) is 44.4 Å². The molecule has 0 fully saturated rings. The standard InChI is InChI=1S/C20H22N2O4S/c1-4-25-15-8-5-7-14-11-16(26-18(14)15)12(2)21-19(23)13(3)22-20(24)17-9-6-10-27-17/h5-13H,4H2,1-3H3,(H,21,23)(H,22,24). The number of amides is 2. The number of rotatable bonds is 7. The van der Waals surface area contributed by atoms with Gasteiger partial charge in [0.2, 0.25) is 5.91 Å². The van der Waals surface area contributed by atoms with Crippen molar-refractivity contribution in [3.63, 3.8) is 0 Å². The van der Waals surface area contributed by atoms with E-state index < -0.39 is 6.04 Å². The number of para-hydroxylation sites is 1. The van der Waals surface area contributed by atoms with Gasteiger partial charge in [0.25, 0.3) is 5.91 Å². The van der Waals surface area contributed by atoms with E-state index in [1.165, 1.54) is 11.3 Å². The zero-order chi connectivity index (χ0) is 19.4. The van der Waals surface area contributed by atoms with Gasteiger partial charge >= 0.3 is 0 Å². The molecule has 27 heavy (non-hydrogen) atoms. The molecular weight excluding hydrogens is 364 g/mol. The lowest BCUT2D eigenvalue weighted by Crippen LogP contribution is -2.45. The molecule has 0 aliphatic carbocycles. The number of nitrogens with one attached hydrogen (secondary N) is 2. The van der Waals surface area contributed by atoms with Crippen molar-refractivity contribution in [2.75, 3.05) is 6.61 Å². The quantitative estimate of drug-likeness (QED) is 0.646. The lowest BCUT2D eigenvalue weighted by Gasteiger charge is -2.17. The molecule has 0 saturated heterocycles. The minimum absolute atomic E-state index is 0.259. The van der Waals surface area contributed by atoms with Crippen molar-refractivity contribution in [1.82, 2.24) is 10.6 Å². The molecule has 0 radical (unpaired) electrons. The van der Waals surface area contributed by atoms with Gasteiger partial charge in [-0.3, -0.25) is 9.59 Å². The average molecular weight is 386 g/mol. The average Bonchev–Trinajstić information content (AvgIpc) is 3.32. The summed E-state index contributed by atoms with van der Waals surface area (Å²) in [5.41, 5.74) is 0.662. The Balaban J connectivity index is 1.66. The summed E-state index contributed by atoms with van der Waals surface area (Å²) in [6.07, 6.45) is 0. The molecule has 0 saturated carbocycles. The van der Waals surface area contributed by atoms with E-state index in [1.54, 1.807) is 19.1 Å². The third-order valence-corrected chi connectivity index (χ3v) is 4.97. The highest BCUT2D eigenvalue weighted by molar-refractivity contribution is 7.12. The van der Waals surface area contributed by atoms with Crippen LogP contribution in [0.15, 0.2) is 46.2 Å². The summed E-state index contributed by atoms with van der Waals surface area (Å²) in [4.78, 5) is 25.1. The first kappa shape index (κ1) is 19.0. The molecule has 0 bridgehead atoms. The molecular formula is C20H22N2O4S. The Hall–Kier alpha value is -2.80. The summed E-state index contributed by atoms with van der Waals surface area (Å²) >= 11 is 1.33. The third-order valence-electron chi connectivity index (χ3n) is 4.10. The molecule has 142 valence electrons. The number of carbonyl (C=O) groups excluding carboxylic acids is 2. The summed E-state index contributed by atoms with van der Waals surface area (Å²) < 4.78 is 11.5. The van der Waals surface area contributed by atoms with Crippen LogP contribution in [0.4, 0.5) is 0 Å². The lowest BCUT2D eigenvalue weighted by molar-refractivity contribution is -0.123. The van der Waals surface area contributed by atoms with E-state index in [4.69, 9.17) is 9.15 Å². The second kappa shape index (κ2) is 8.26. The van der Waals surface area contributed by atoms with Gasteiger partial charge in [-0.15, -0.1) is 11.3 Å². The summed E-state index contributed by atoms with van der Waals surface area (Å²) in [6.45, 7) is 5.95. The summed E-state index contributed by atoms with van der Waals surface area (Å²) in [5.74, 6) is 0.766. The molecule has 2 N–H and O–H groups in total. The van der Waals surface area contributed by atoms with Crippen molar-refractivity contribution in [3.05, 3.63) is 52.4 Å². The van der Waals surface area contributed by atoms with E-state index in [9.17, 15) is 9.59 Å². The van der Waals surface area contributed by atoms with E-state index in [-0.39, 0.29) is 17.9 Å². The number of thiophene rings is 1. The normalized spacial score (nSPS) is 13.1. The third kappa shape index (κ3) is 4.31. The van der Waals surface area contributed by atoms with Crippen LogP contribution >= 0.6 is 11.3 Å². The predicted octanol–water partition coefficient (Wildman–Crippen LogP) is 3.89. The van der Waals surface area contributed by atoms with Gasteiger partial charge in [0.05, 0.1) is 17.5 Å². The van der Waals surface area contributed by atoms with Gasteiger partial charge < -0.3 is 19.8 Å². The smallest absolute Gasteiger partial charge is 0.261 e. The molecule has 2 heterocycles. The fourth-order valence-corrected chi connectivity index (χ4v) is 3.32. The van der Waals surface area contributed by atoms with Gasteiger partial charge in [-0.1, -0.05) is 18.2 Å². The minimum atomic E-state index is -0.662. The number of hydrogen-bond donors (Lipinski definition) is 2. The molecule has 2 aromatic heterocycles. The Kier molecular flexibility index (Phi) is 5.81. The maximum absolute atomic E-state index is 12.4.